The van der Waals surface area contributed by atoms with Crippen LogP contribution in [-0.4, -0.2) is 23.7 Å². The van der Waals surface area contributed by atoms with Crippen molar-refractivity contribution >= 4 is 33.7 Å². The van der Waals surface area contributed by atoms with Crippen molar-refractivity contribution in [2.45, 2.75) is 19.8 Å². The Morgan fingerprint density at radius 1 is 1.25 bits per heavy atom. The number of benzene rings is 2. The van der Waals surface area contributed by atoms with Gasteiger partial charge < -0.3 is 5.32 Å². The molecule has 4 nitrogen and oxygen atoms in total. The fourth-order valence-electron chi connectivity index (χ4n) is 2.64. The van der Waals surface area contributed by atoms with Crippen molar-refractivity contribution in [2.24, 2.45) is 0 Å². The van der Waals surface area contributed by atoms with E-state index in [0.29, 0.717) is 24.0 Å². The van der Waals surface area contributed by atoms with E-state index >= 15 is 0 Å². The second kappa shape index (κ2) is 7.36. The monoisotopic (exact) mass is 338 g/mol. The normalized spacial score (nSPS) is 10.7. The molecule has 0 aliphatic rings. The number of amides is 1. The predicted molar refractivity (Wildman–Crippen MR) is 96.8 cm³/mol. The highest BCUT2D eigenvalue weighted by Gasteiger charge is 2.09. The van der Waals surface area contributed by atoms with Crippen LogP contribution in [0, 0.1) is 6.92 Å². The number of carbonyl (C=O) groups is 2. The van der Waals surface area contributed by atoms with Crippen molar-refractivity contribution in [3.05, 3.63) is 64.2 Å². The fraction of sp³-hybridized carbons (Fsp3) is 0.211. The van der Waals surface area contributed by atoms with Crippen LogP contribution in [0.25, 0.3) is 10.2 Å². The Morgan fingerprint density at radius 2 is 2.08 bits per heavy atom. The molecule has 2 aromatic carbocycles. The lowest BCUT2D eigenvalue weighted by atomic mass is 10.1. The number of carbonyl (C=O) groups excluding carboxylic acids is 2. The quantitative estimate of drug-likeness (QED) is 0.550. The van der Waals surface area contributed by atoms with Crippen molar-refractivity contribution < 1.29 is 9.59 Å². The number of thiazole rings is 1. The Morgan fingerprint density at radius 3 is 2.92 bits per heavy atom. The van der Waals surface area contributed by atoms with Gasteiger partial charge in [0, 0.05) is 17.7 Å². The van der Waals surface area contributed by atoms with Gasteiger partial charge in [-0.05, 0) is 43.5 Å². The van der Waals surface area contributed by atoms with Gasteiger partial charge in [-0.2, -0.15) is 0 Å². The molecule has 0 fully saturated rings. The summed E-state index contributed by atoms with van der Waals surface area (Å²) in [6, 6.07) is 13.1. The van der Waals surface area contributed by atoms with Gasteiger partial charge in [0.25, 0.3) is 5.91 Å². The molecule has 3 rings (SSSR count). The maximum Gasteiger partial charge on any atom is 0.252 e. The first kappa shape index (κ1) is 16.3. The lowest BCUT2D eigenvalue weighted by Gasteiger charge is -2.07. The van der Waals surface area contributed by atoms with E-state index in [0.717, 1.165) is 23.4 Å². The van der Waals surface area contributed by atoms with Crippen molar-refractivity contribution in [3.63, 3.8) is 0 Å². The fourth-order valence-corrected chi connectivity index (χ4v) is 3.53. The smallest absolute Gasteiger partial charge is 0.252 e. The third-order valence-electron chi connectivity index (χ3n) is 3.82. The summed E-state index contributed by atoms with van der Waals surface area (Å²) in [4.78, 5) is 27.6. The number of aryl methyl sites for hydroxylation is 2. The van der Waals surface area contributed by atoms with E-state index in [-0.39, 0.29) is 5.91 Å². The lowest BCUT2D eigenvalue weighted by Crippen LogP contribution is -2.25. The van der Waals surface area contributed by atoms with Gasteiger partial charge in [0.2, 0.25) is 0 Å². The van der Waals surface area contributed by atoms with Crippen LogP contribution in [0.3, 0.4) is 0 Å². The molecule has 0 unspecified atom stereocenters. The maximum atomic E-state index is 12.1. The number of aldehydes is 1. The topological polar surface area (TPSA) is 59.1 Å². The average Bonchev–Trinajstić information content (AvgIpc) is 2.97. The molecule has 1 heterocycles. The first-order valence-electron chi connectivity index (χ1n) is 7.86. The molecule has 24 heavy (non-hydrogen) atoms. The second-order valence-electron chi connectivity index (χ2n) is 5.60. The van der Waals surface area contributed by atoms with E-state index in [1.54, 1.807) is 35.6 Å². The third kappa shape index (κ3) is 3.68. The first-order chi connectivity index (χ1) is 11.7. The Labute approximate surface area is 144 Å². The van der Waals surface area contributed by atoms with E-state index in [9.17, 15) is 9.59 Å². The van der Waals surface area contributed by atoms with Crippen LogP contribution in [0.15, 0.2) is 42.5 Å². The minimum absolute atomic E-state index is 0.203. The summed E-state index contributed by atoms with van der Waals surface area (Å²) in [5.41, 5.74) is 3.13. The summed E-state index contributed by atoms with van der Waals surface area (Å²) in [7, 11) is 0. The predicted octanol–water partition coefficient (Wildman–Crippen LogP) is 3.78. The Hall–Kier alpha value is -2.53. The highest BCUT2D eigenvalue weighted by Crippen LogP contribution is 2.23. The molecule has 0 saturated heterocycles. The van der Waals surface area contributed by atoms with Gasteiger partial charge in [-0.1, -0.05) is 24.3 Å². The molecule has 0 radical (unpaired) electrons. The highest BCUT2D eigenvalue weighted by molar-refractivity contribution is 7.18. The third-order valence-corrected chi connectivity index (χ3v) is 4.75. The van der Waals surface area contributed by atoms with Crippen LogP contribution >= 0.6 is 11.3 Å². The van der Waals surface area contributed by atoms with E-state index in [1.165, 1.54) is 10.3 Å². The first-order valence-corrected chi connectivity index (χ1v) is 8.67. The minimum Gasteiger partial charge on any atom is -0.352 e. The molecule has 0 atom stereocenters. The number of hydrogen-bond donors (Lipinski definition) is 1. The number of hydrogen-bond acceptors (Lipinski definition) is 4. The average molecular weight is 338 g/mol. The Kier molecular flexibility index (Phi) is 5.01. The minimum atomic E-state index is -0.203. The van der Waals surface area contributed by atoms with E-state index in [1.807, 2.05) is 13.0 Å². The molecule has 1 N–H and O–H groups in total. The molecular weight excluding hydrogens is 320 g/mol. The molecule has 0 aliphatic carbocycles. The largest absolute Gasteiger partial charge is 0.352 e. The van der Waals surface area contributed by atoms with Gasteiger partial charge in [0.05, 0.1) is 15.2 Å². The van der Waals surface area contributed by atoms with Crippen LogP contribution < -0.4 is 5.32 Å². The van der Waals surface area contributed by atoms with E-state index in [4.69, 9.17) is 0 Å². The SMILES string of the molecule is Cc1nc2ccc(CCCNC(=O)c3ccccc3C=O)cc2s1. The zero-order valence-electron chi connectivity index (χ0n) is 13.4. The van der Waals surface area contributed by atoms with E-state index in [2.05, 4.69) is 22.4 Å². The molecule has 0 saturated carbocycles. The van der Waals surface area contributed by atoms with Crippen LogP contribution in [0.1, 0.15) is 37.7 Å². The molecule has 3 aromatic rings. The maximum absolute atomic E-state index is 12.1. The molecule has 0 bridgehead atoms. The number of nitrogens with one attached hydrogen (secondary N) is 1. The summed E-state index contributed by atoms with van der Waals surface area (Å²) in [6.45, 7) is 2.59. The van der Waals surface area contributed by atoms with Crippen molar-refractivity contribution in [1.29, 1.82) is 0 Å². The summed E-state index contributed by atoms with van der Waals surface area (Å²) >= 11 is 1.70. The molecule has 1 amide bonds. The van der Waals surface area contributed by atoms with Gasteiger partial charge in [0.15, 0.2) is 6.29 Å². The highest BCUT2D eigenvalue weighted by atomic mass is 32.1. The Balaban J connectivity index is 1.54. The molecule has 5 heteroatoms. The number of fused-ring (bicyclic) bond motifs is 1. The summed E-state index contributed by atoms with van der Waals surface area (Å²) in [5, 5.41) is 3.95. The standard InChI is InChI=1S/C19H18N2O2S/c1-13-21-17-9-8-14(11-18(17)24-13)5-4-10-20-19(23)16-7-3-2-6-15(16)12-22/h2-3,6-9,11-12H,4-5,10H2,1H3,(H,20,23). The van der Waals surface area contributed by atoms with Crippen molar-refractivity contribution in [3.8, 4) is 0 Å². The molecule has 122 valence electrons. The van der Waals surface area contributed by atoms with Crippen molar-refractivity contribution in [2.75, 3.05) is 6.54 Å². The Bertz CT molecular complexity index is 886. The van der Waals surface area contributed by atoms with Gasteiger partial charge in [-0.15, -0.1) is 11.3 Å². The second-order valence-corrected chi connectivity index (χ2v) is 6.83. The molecule has 0 aliphatic heterocycles. The van der Waals surface area contributed by atoms with Gasteiger partial charge >= 0.3 is 0 Å². The zero-order chi connectivity index (χ0) is 16.9. The van der Waals surface area contributed by atoms with E-state index < -0.39 is 0 Å². The number of rotatable bonds is 6. The molecule has 0 spiro atoms. The lowest BCUT2D eigenvalue weighted by molar-refractivity contribution is 0.0947. The van der Waals surface area contributed by atoms with Gasteiger partial charge in [-0.3, -0.25) is 9.59 Å². The summed E-state index contributed by atoms with van der Waals surface area (Å²) < 4.78 is 1.20. The van der Waals surface area contributed by atoms with Crippen LogP contribution in [-0.2, 0) is 6.42 Å². The summed E-state index contributed by atoms with van der Waals surface area (Å²) in [6.07, 6.45) is 2.45. The van der Waals surface area contributed by atoms with Crippen LogP contribution in [0.2, 0.25) is 0 Å². The van der Waals surface area contributed by atoms with Crippen LogP contribution in [0.5, 0.6) is 0 Å². The van der Waals surface area contributed by atoms with Gasteiger partial charge in [0.1, 0.15) is 0 Å². The van der Waals surface area contributed by atoms with Crippen molar-refractivity contribution in [1.82, 2.24) is 10.3 Å². The number of nitrogens with zero attached hydrogens (tertiary/aromatic N) is 1. The van der Waals surface area contributed by atoms with Crippen LogP contribution in [0.4, 0.5) is 0 Å². The molecular formula is C19H18N2O2S. The summed E-state index contributed by atoms with van der Waals surface area (Å²) in [5.74, 6) is -0.203. The number of aromatic nitrogens is 1. The molecule has 1 aromatic heterocycles. The van der Waals surface area contributed by atoms with Gasteiger partial charge in [-0.25, -0.2) is 4.98 Å². The zero-order valence-corrected chi connectivity index (χ0v) is 14.2.